The fourth-order valence-corrected chi connectivity index (χ4v) is 1.60. The molecule has 0 spiro atoms. The molecule has 1 amide bonds. The summed E-state index contributed by atoms with van der Waals surface area (Å²) in [4.78, 5) is 22.6. The van der Waals surface area contributed by atoms with Crippen LogP contribution in [0.2, 0.25) is 0 Å². The molecule has 6 heteroatoms. The highest BCUT2D eigenvalue weighted by atomic mass is 16.6. The first-order valence-electron chi connectivity index (χ1n) is 6.14. The van der Waals surface area contributed by atoms with Gasteiger partial charge in [-0.2, -0.15) is 0 Å². The molecule has 0 bridgehead atoms. The van der Waals surface area contributed by atoms with Crippen molar-refractivity contribution < 1.29 is 9.72 Å². The van der Waals surface area contributed by atoms with Crippen LogP contribution in [0.25, 0.3) is 0 Å². The van der Waals surface area contributed by atoms with Gasteiger partial charge < -0.3 is 10.6 Å². The number of rotatable bonds is 5. The van der Waals surface area contributed by atoms with Crippen LogP contribution in [0, 0.1) is 16.0 Å². The van der Waals surface area contributed by atoms with Crippen LogP contribution in [0.3, 0.4) is 0 Å². The Hall–Kier alpha value is -2.11. The molecule has 0 heterocycles. The Labute approximate surface area is 112 Å². The van der Waals surface area contributed by atoms with Gasteiger partial charge in [-0.05, 0) is 18.9 Å². The van der Waals surface area contributed by atoms with Crippen LogP contribution in [0.5, 0.6) is 0 Å². The number of carbonyl (C=O) groups excluding carboxylic acids is 1. The van der Waals surface area contributed by atoms with Crippen LogP contribution in [0.4, 0.5) is 11.4 Å². The highest BCUT2D eigenvalue weighted by Crippen LogP contribution is 2.27. The number of benzene rings is 1. The quantitative estimate of drug-likeness (QED) is 0.632. The van der Waals surface area contributed by atoms with Crippen molar-refractivity contribution in [2.75, 3.05) is 12.4 Å². The van der Waals surface area contributed by atoms with E-state index in [1.807, 2.05) is 20.8 Å². The van der Waals surface area contributed by atoms with Gasteiger partial charge in [0.15, 0.2) is 0 Å². The van der Waals surface area contributed by atoms with Gasteiger partial charge in [-0.15, -0.1) is 0 Å². The summed E-state index contributed by atoms with van der Waals surface area (Å²) in [7, 11) is 1.56. The molecule has 0 aliphatic carbocycles. The molecule has 1 rings (SSSR count). The molecule has 2 N–H and O–H groups in total. The van der Waals surface area contributed by atoms with E-state index in [1.54, 1.807) is 13.1 Å². The maximum absolute atomic E-state index is 12.1. The first-order valence-corrected chi connectivity index (χ1v) is 6.14. The van der Waals surface area contributed by atoms with E-state index >= 15 is 0 Å². The number of amides is 1. The topological polar surface area (TPSA) is 84.3 Å². The Morgan fingerprint density at radius 2 is 1.95 bits per heavy atom. The second kappa shape index (κ2) is 6.17. The minimum atomic E-state index is -0.505. The Bertz CT molecular complexity index is 486. The van der Waals surface area contributed by atoms with Crippen molar-refractivity contribution in [3.63, 3.8) is 0 Å². The zero-order valence-electron chi connectivity index (χ0n) is 11.6. The van der Waals surface area contributed by atoms with Crippen LogP contribution < -0.4 is 10.6 Å². The van der Waals surface area contributed by atoms with Crippen molar-refractivity contribution in [1.29, 1.82) is 0 Å². The van der Waals surface area contributed by atoms with E-state index < -0.39 is 4.92 Å². The average molecular weight is 265 g/mol. The second-order valence-electron chi connectivity index (χ2n) is 4.71. The predicted octanol–water partition coefficient (Wildman–Crippen LogP) is 2.41. The first kappa shape index (κ1) is 14.9. The molecule has 104 valence electrons. The number of carbonyl (C=O) groups is 1. The van der Waals surface area contributed by atoms with Gasteiger partial charge in [0.25, 0.3) is 11.6 Å². The zero-order valence-corrected chi connectivity index (χ0v) is 11.6. The predicted molar refractivity (Wildman–Crippen MR) is 74.4 cm³/mol. The highest BCUT2D eigenvalue weighted by Gasteiger charge is 2.21. The zero-order chi connectivity index (χ0) is 14.6. The lowest BCUT2D eigenvalue weighted by molar-refractivity contribution is -0.384. The smallest absolute Gasteiger partial charge is 0.293 e. The van der Waals surface area contributed by atoms with Crippen molar-refractivity contribution in [1.82, 2.24) is 5.32 Å². The molecule has 0 aliphatic rings. The molecule has 1 atom stereocenters. The fourth-order valence-electron chi connectivity index (χ4n) is 1.60. The van der Waals surface area contributed by atoms with Crippen LogP contribution in [-0.2, 0) is 0 Å². The molecule has 0 fully saturated rings. The van der Waals surface area contributed by atoms with Crippen molar-refractivity contribution >= 4 is 17.3 Å². The second-order valence-corrected chi connectivity index (χ2v) is 4.71. The lowest BCUT2D eigenvalue weighted by Gasteiger charge is -2.18. The molecular weight excluding hydrogens is 246 g/mol. The molecule has 0 saturated heterocycles. The number of anilines is 1. The third-order valence-corrected chi connectivity index (χ3v) is 3.09. The molecular formula is C13H19N3O3. The van der Waals surface area contributed by atoms with Crippen molar-refractivity contribution in [3.8, 4) is 0 Å². The van der Waals surface area contributed by atoms with E-state index in [4.69, 9.17) is 0 Å². The van der Waals surface area contributed by atoms with E-state index in [2.05, 4.69) is 10.6 Å². The van der Waals surface area contributed by atoms with Crippen molar-refractivity contribution in [3.05, 3.63) is 33.9 Å². The van der Waals surface area contributed by atoms with Gasteiger partial charge in [-0.1, -0.05) is 19.9 Å². The summed E-state index contributed by atoms with van der Waals surface area (Å²) in [6.45, 7) is 5.90. The molecule has 0 aromatic heterocycles. The number of nitrogens with one attached hydrogen (secondary N) is 2. The lowest BCUT2D eigenvalue weighted by Crippen LogP contribution is -2.36. The maximum atomic E-state index is 12.1. The molecule has 1 aromatic rings. The summed E-state index contributed by atoms with van der Waals surface area (Å²) < 4.78 is 0. The van der Waals surface area contributed by atoms with Gasteiger partial charge in [0.05, 0.1) is 10.5 Å². The summed E-state index contributed by atoms with van der Waals surface area (Å²) in [6, 6.07) is 4.44. The Kier molecular flexibility index (Phi) is 4.86. The summed E-state index contributed by atoms with van der Waals surface area (Å²) >= 11 is 0. The number of hydrogen-bond acceptors (Lipinski definition) is 4. The van der Waals surface area contributed by atoms with E-state index in [0.717, 1.165) is 0 Å². The summed E-state index contributed by atoms with van der Waals surface area (Å²) in [5, 5.41) is 16.5. The number of nitrogens with zero attached hydrogens (tertiary/aromatic N) is 1. The molecule has 0 radical (unpaired) electrons. The minimum absolute atomic E-state index is 0.00327. The van der Waals surface area contributed by atoms with Crippen molar-refractivity contribution in [2.24, 2.45) is 5.92 Å². The van der Waals surface area contributed by atoms with E-state index in [9.17, 15) is 14.9 Å². The number of hydrogen-bond donors (Lipinski definition) is 2. The third-order valence-electron chi connectivity index (χ3n) is 3.09. The summed E-state index contributed by atoms with van der Waals surface area (Å²) in [5.41, 5.74) is 0.414. The first-order chi connectivity index (χ1) is 8.88. The standard InChI is InChI=1S/C13H19N3O3/c1-8(2)9(3)15-13(17)10-6-5-7-11(16(18)19)12(10)14-4/h5-9,14H,1-4H3,(H,15,17). The van der Waals surface area contributed by atoms with Crippen LogP contribution in [0.15, 0.2) is 18.2 Å². The van der Waals surface area contributed by atoms with Crippen LogP contribution >= 0.6 is 0 Å². The van der Waals surface area contributed by atoms with Gasteiger partial charge in [0, 0.05) is 19.2 Å². The monoisotopic (exact) mass is 265 g/mol. The summed E-state index contributed by atoms with van der Waals surface area (Å²) in [6.07, 6.45) is 0. The van der Waals surface area contributed by atoms with Gasteiger partial charge in [0.2, 0.25) is 0 Å². The van der Waals surface area contributed by atoms with E-state index in [-0.39, 0.29) is 28.9 Å². The number of nitro groups is 1. The molecule has 19 heavy (non-hydrogen) atoms. The van der Waals surface area contributed by atoms with Gasteiger partial charge in [-0.25, -0.2) is 0 Å². The van der Waals surface area contributed by atoms with Crippen LogP contribution in [0.1, 0.15) is 31.1 Å². The maximum Gasteiger partial charge on any atom is 0.293 e. The minimum Gasteiger partial charge on any atom is -0.382 e. The van der Waals surface area contributed by atoms with E-state index in [1.165, 1.54) is 12.1 Å². The Balaban J connectivity index is 3.10. The third kappa shape index (κ3) is 3.43. The Morgan fingerprint density at radius 1 is 1.32 bits per heavy atom. The van der Waals surface area contributed by atoms with Gasteiger partial charge >= 0.3 is 0 Å². The number of para-hydroxylation sites is 1. The lowest BCUT2D eigenvalue weighted by atomic mass is 10.1. The average Bonchev–Trinajstić information content (AvgIpc) is 2.37. The molecule has 1 unspecified atom stereocenters. The fraction of sp³-hybridized carbons (Fsp3) is 0.462. The normalized spacial score (nSPS) is 12.1. The van der Waals surface area contributed by atoms with Crippen LogP contribution in [-0.4, -0.2) is 23.9 Å². The van der Waals surface area contributed by atoms with Gasteiger partial charge in [-0.3, -0.25) is 14.9 Å². The number of nitro benzene ring substituents is 1. The molecule has 1 aromatic carbocycles. The molecule has 0 saturated carbocycles. The van der Waals surface area contributed by atoms with Gasteiger partial charge in [0.1, 0.15) is 5.69 Å². The summed E-state index contributed by atoms with van der Waals surface area (Å²) in [5.74, 6) is -0.0186. The SMILES string of the molecule is CNc1c(C(=O)NC(C)C(C)C)cccc1[N+](=O)[O-]. The van der Waals surface area contributed by atoms with E-state index in [0.29, 0.717) is 5.92 Å². The Morgan fingerprint density at radius 3 is 2.42 bits per heavy atom. The van der Waals surface area contributed by atoms with Crippen molar-refractivity contribution in [2.45, 2.75) is 26.8 Å². The highest BCUT2D eigenvalue weighted by molar-refractivity contribution is 6.01. The molecule has 0 aliphatic heterocycles. The molecule has 6 nitrogen and oxygen atoms in total. The largest absolute Gasteiger partial charge is 0.382 e.